The first-order chi connectivity index (χ1) is 8.81. The molecule has 0 atom stereocenters. The summed E-state index contributed by atoms with van der Waals surface area (Å²) in [6.07, 6.45) is 4.25. The van der Waals surface area contributed by atoms with Crippen LogP contribution in [-0.2, 0) is 6.42 Å². The number of aromatic nitrogens is 3. The smallest absolute Gasteiger partial charge is 0.229 e. The van der Waals surface area contributed by atoms with Gasteiger partial charge in [-0.1, -0.05) is 0 Å². The third-order valence-corrected chi connectivity index (χ3v) is 2.36. The predicted octanol–water partition coefficient (Wildman–Crippen LogP) is 1.20. The minimum atomic E-state index is 0.528. The van der Waals surface area contributed by atoms with Crippen molar-refractivity contribution in [1.82, 2.24) is 15.0 Å². The first-order valence-corrected chi connectivity index (χ1v) is 5.68. The van der Waals surface area contributed by atoms with Crippen molar-refractivity contribution in [3.05, 3.63) is 24.2 Å². The van der Waals surface area contributed by atoms with Gasteiger partial charge in [0.1, 0.15) is 0 Å². The van der Waals surface area contributed by atoms with Gasteiger partial charge in [0.2, 0.25) is 17.8 Å². The summed E-state index contributed by atoms with van der Waals surface area (Å²) >= 11 is 0. The fourth-order valence-electron chi connectivity index (χ4n) is 1.43. The number of hydrogen-bond acceptors (Lipinski definition) is 7. The van der Waals surface area contributed by atoms with Crippen molar-refractivity contribution in [3.63, 3.8) is 0 Å². The van der Waals surface area contributed by atoms with Crippen LogP contribution < -0.4 is 16.0 Å². The van der Waals surface area contributed by atoms with E-state index in [0.29, 0.717) is 17.8 Å². The Morgan fingerprint density at radius 1 is 1.06 bits per heavy atom. The number of furan rings is 1. The Bertz CT molecular complexity index is 462. The fraction of sp³-hybridized carbons (Fsp3) is 0.364. The van der Waals surface area contributed by atoms with E-state index in [1.807, 2.05) is 6.07 Å². The Morgan fingerprint density at radius 2 is 1.72 bits per heavy atom. The van der Waals surface area contributed by atoms with Gasteiger partial charge in [0.25, 0.3) is 0 Å². The Labute approximate surface area is 105 Å². The number of nitrogens with one attached hydrogen (secondary N) is 3. The summed E-state index contributed by atoms with van der Waals surface area (Å²) < 4.78 is 5.00. The molecule has 0 aliphatic rings. The van der Waals surface area contributed by atoms with E-state index in [0.717, 1.165) is 18.5 Å². The lowest BCUT2D eigenvalue weighted by Gasteiger charge is -2.07. The molecule has 3 N–H and O–H groups in total. The summed E-state index contributed by atoms with van der Waals surface area (Å²) in [6.45, 7) is 0.732. The van der Waals surface area contributed by atoms with Gasteiger partial charge in [-0.2, -0.15) is 15.0 Å². The molecule has 0 aromatic carbocycles. The zero-order valence-electron chi connectivity index (χ0n) is 10.4. The zero-order valence-corrected chi connectivity index (χ0v) is 10.4. The van der Waals surface area contributed by atoms with Crippen LogP contribution in [-0.4, -0.2) is 35.6 Å². The number of hydrogen-bond donors (Lipinski definition) is 3. The molecule has 2 heterocycles. The summed E-state index contributed by atoms with van der Waals surface area (Å²) in [6, 6.07) is 1.94. The lowest BCUT2D eigenvalue weighted by Crippen LogP contribution is -2.11. The lowest BCUT2D eigenvalue weighted by molar-refractivity contribution is 0.564. The number of rotatable bonds is 6. The molecule has 0 saturated carbocycles. The zero-order chi connectivity index (χ0) is 12.8. The van der Waals surface area contributed by atoms with Gasteiger partial charge in [0.05, 0.1) is 12.5 Å². The summed E-state index contributed by atoms with van der Waals surface area (Å²) in [5, 5.41) is 8.93. The molecule has 2 aromatic heterocycles. The van der Waals surface area contributed by atoms with Gasteiger partial charge in [-0.3, -0.25) is 0 Å². The van der Waals surface area contributed by atoms with Crippen LogP contribution in [0.2, 0.25) is 0 Å². The van der Waals surface area contributed by atoms with Crippen molar-refractivity contribution in [2.45, 2.75) is 6.42 Å². The molecule has 18 heavy (non-hydrogen) atoms. The van der Waals surface area contributed by atoms with E-state index in [4.69, 9.17) is 4.42 Å². The lowest BCUT2D eigenvalue weighted by atomic mass is 10.2. The Morgan fingerprint density at radius 3 is 2.28 bits per heavy atom. The van der Waals surface area contributed by atoms with Crippen LogP contribution in [0.15, 0.2) is 23.0 Å². The highest BCUT2D eigenvalue weighted by molar-refractivity contribution is 5.41. The van der Waals surface area contributed by atoms with Crippen LogP contribution in [0.4, 0.5) is 17.8 Å². The van der Waals surface area contributed by atoms with Crippen LogP contribution >= 0.6 is 0 Å². The molecule has 0 fully saturated rings. The van der Waals surface area contributed by atoms with E-state index in [1.165, 1.54) is 0 Å². The monoisotopic (exact) mass is 248 g/mol. The molecular weight excluding hydrogens is 232 g/mol. The van der Waals surface area contributed by atoms with Gasteiger partial charge >= 0.3 is 0 Å². The normalized spacial score (nSPS) is 10.1. The maximum atomic E-state index is 5.00. The van der Waals surface area contributed by atoms with Gasteiger partial charge in [0, 0.05) is 20.6 Å². The Balaban J connectivity index is 1.95. The van der Waals surface area contributed by atoms with Crippen LogP contribution in [0.25, 0.3) is 0 Å². The Hall–Kier alpha value is -2.31. The van der Waals surface area contributed by atoms with Crippen LogP contribution in [0.1, 0.15) is 5.56 Å². The molecule has 0 amide bonds. The second-order valence-corrected chi connectivity index (χ2v) is 3.61. The summed E-state index contributed by atoms with van der Waals surface area (Å²) in [5.74, 6) is 1.60. The molecule has 0 spiro atoms. The molecule has 2 rings (SSSR count). The molecule has 0 bridgehead atoms. The molecule has 7 heteroatoms. The molecule has 2 aromatic rings. The van der Waals surface area contributed by atoms with Crippen molar-refractivity contribution in [3.8, 4) is 0 Å². The molecule has 0 aliphatic heterocycles. The summed E-state index contributed by atoms with van der Waals surface area (Å²) in [7, 11) is 3.54. The molecule has 0 unspecified atom stereocenters. The minimum Gasteiger partial charge on any atom is -0.472 e. The van der Waals surface area contributed by atoms with Crippen molar-refractivity contribution >= 4 is 17.8 Å². The maximum Gasteiger partial charge on any atom is 0.229 e. The topological polar surface area (TPSA) is 87.9 Å². The SMILES string of the molecule is CNc1nc(NC)nc(NCCc2ccoc2)n1. The first-order valence-electron chi connectivity index (χ1n) is 5.68. The van der Waals surface area contributed by atoms with Crippen LogP contribution in [0.5, 0.6) is 0 Å². The molecule has 0 saturated heterocycles. The summed E-state index contributed by atoms with van der Waals surface area (Å²) in [4.78, 5) is 12.6. The Kier molecular flexibility index (Phi) is 3.95. The van der Waals surface area contributed by atoms with E-state index in [2.05, 4.69) is 30.9 Å². The second-order valence-electron chi connectivity index (χ2n) is 3.61. The van der Waals surface area contributed by atoms with Crippen LogP contribution in [0, 0.1) is 0 Å². The molecule has 96 valence electrons. The van der Waals surface area contributed by atoms with E-state index < -0.39 is 0 Å². The maximum absolute atomic E-state index is 5.00. The number of nitrogens with zero attached hydrogens (tertiary/aromatic N) is 3. The van der Waals surface area contributed by atoms with Gasteiger partial charge in [-0.25, -0.2) is 0 Å². The molecule has 7 nitrogen and oxygen atoms in total. The van der Waals surface area contributed by atoms with Gasteiger partial charge in [0.15, 0.2) is 0 Å². The van der Waals surface area contributed by atoms with E-state index in [-0.39, 0.29) is 0 Å². The molecule has 0 radical (unpaired) electrons. The quantitative estimate of drug-likeness (QED) is 0.708. The van der Waals surface area contributed by atoms with E-state index in [1.54, 1.807) is 26.6 Å². The first kappa shape index (κ1) is 12.2. The third kappa shape index (κ3) is 3.09. The highest BCUT2D eigenvalue weighted by Gasteiger charge is 2.03. The molecule has 0 aliphatic carbocycles. The van der Waals surface area contributed by atoms with Crippen molar-refractivity contribution < 1.29 is 4.42 Å². The van der Waals surface area contributed by atoms with Crippen molar-refractivity contribution in [2.75, 3.05) is 36.6 Å². The largest absolute Gasteiger partial charge is 0.472 e. The van der Waals surface area contributed by atoms with Crippen molar-refractivity contribution in [1.29, 1.82) is 0 Å². The fourth-order valence-corrected chi connectivity index (χ4v) is 1.43. The number of anilines is 3. The summed E-state index contributed by atoms with van der Waals surface area (Å²) in [5.41, 5.74) is 1.14. The van der Waals surface area contributed by atoms with E-state index in [9.17, 15) is 0 Å². The highest BCUT2D eigenvalue weighted by Crippen LogP contribution is 2.08. The standard InChI is InChI=1S/C11H16N6O/c1-12-9-15-10(13-2)17-11(16-9)14-5-3-8-4-6-18-7-8/h4,6-7H,3,5H2,1-2H3,(H3,12,13,14,15,16,17). The highest BCUT2D eigenvalue weighted by atomic mass is 16.3. The van der Waals surface area contributed by atoms with Crippen molar-refractivity contribution in [2.24, 2.45) is 0 Å². The van der Waals surface area contributed by atoms with Gasteiger partial charge < -0.3 is 20.4 Å². The van der Waals surface area contributed by atoms with Crippen LogP contribution in [0.3, 0.4) is 0 Å². The molecular formula is C11H16N6O. The average Bonchev–Trinajstić information content (AvgIpc) is 2.91. The third-order valence-electron chi connectivity index (χ3n) is 2.36. The van der Waals surface area contributed by atoms with Gasteiger partial charge in [-0.15, -0.1) is 0 Å². The van der Waals surface area contributed by atoms with E-state index >= 15 is 0 Å². The minimum absolute atomic E-state index is 0.528. The van der Waals surface area contributed by atoms with Gasteiger partial charge in [-0.05, 0) is 18.1 Å². The average molecular weight is 248 g/mol. The predicted molar refractivity (Wildman–Crippen MR) is 69.8 cm³/mol. The second kappa shape index (κ2) is 5.85.